The SMILES string of the molecule is CCNC(=NCc1nnc2n1CCCCC2)NCC1(N2CCCCC2)CCCCC1. The average Bonchev–Trinajstić information content (AvgIpc) is 3.02. The Labute approximate surface area is 182 Å². The number of aromatic nitrogens is 3. The predicted octanol–water partition coefficient (Wildman–Crippen LogP) is 3.25. The molecular formula is C23H41N7. The van der Waals surface area contributed by atoms with E-state index in [1.54, 1.807) is 0 Å². The number of aliphatic imine (C=N–C) groups is 1. The third kappa shape index (κ3) is 5.16. The van der Waals surface area contributed by atoms with Gasteiger partial charge in [0.05, 0.1) is 0 Å². The first-order valence-electron chi connectivity index (χ1n) is 12.5. The number of nitrogens with one attached hydrogen (secondary N) is 2. The van der Waals surface area contributed by atoms with Gasteiger partial charge < -0.3 is 15.2 Å². The maximum absolute atomic E-state index is 4.91. The van der Waals surface area contributed by atoms with Crippen LogP contribution in [0.25, 0.3) is 0 Å². The number of hydrogen-bond acceptors (Lipinski definition) is 4. The number of guanidine groups is 1. The van der Waals surface area contributed by atoms with Gasteiger partial charge in [0.2, 0.25) is 0 Å². The lowest BCUT2D eigenvalue weighted by Gasteiger charge is -2.48. The van der Waals surface area contributed by atoms with Crippen molar-refractivity contribution in [1.29, 1.82) is 0 Å². The summed E-state index contributed by atoms with van der Waals surface area (Å²) in [6.07, 6.45) is 15.6. The van der Waals surface area contributed by atoms with Crippen molar-refractivity contribution in [2.24, 2.45) is 4.99 Å². The van der Waals surface area contributed by atoms with Crippen LogP contribution >= 0.6 is 0 Å². The van der Waals surface area contributed by atoms with Crippen LogP contribution in [0.15, 0.2) is 4.99 Å². The molecule has 0 atom stereocenters. The fraction of sp³-hybridized carbons (Fsp3) is 0.870. The molecule has 7 nitrogen and oxygen atoms in total. The molecule has 30 heavy (non-hydrogen) atoms. The van der Waals surface area contributed by atoms with Gasteiger partial charge in [-0.2, -0.15) is 0 Å². The van der Waals surface area contributed by atoms with E-state index in [1.807, 2.05) is 0 Å². The number of rotatable bonds is 6. The normalized spacial score (nSPS) is 22.9. The van der Waals surface area contributed by atoms with E-state index in [0.717, 1.165) is 43.7 Å². The smallest absolute Gasteiger partial charge is 0.191 e. The number of likely N-dealkylation sites (tertiary alicyclic amines) is 1. The van der Waals surface area contributed by atoms with Crippen molar-refractivity contribution in [3.8, 4) is 0 Å². The molecule has 7 heteroatoms. The topological polar surface area (TPSA) is 70.4 Å². The molecule has 1 saturated carbocycles. The number of aryl methyl sites for hydroxylation is 1. The zero-order chi connectivity index (χ0) is 20.7. The lowest BCUT2D eigenvalue weighted by molar-refractivity contribution is 0.0368. The van der Waals surface area contributed by atoms with Crippen molar-refractivity contribution in [3.05, 3.63) is 11.6 Å². The van der Waals surface area contributed by atoms with Crippen LogP contribution in [-0.4, -0.2) is 57.3 Å². The van der Waals surface area contributed by atoms with Crippen molar-refractivity contribution < 1.29 is 0 Å². The minimum Gasteiger partial charge on any atom is -0.357 e. The fourth-order valence-corrected chi connectivity index (χ4v) is 5.58. The molecule has 0 spiro atoms. The minimum atomic E-state index is 0.306. The van der Waals surface area contributed by atoms with E-state index in [4.69, 9.17) is 4.99 Å². The number of fused-ring (bicyclic) bond motifs is 1. The van der Waals surface area contributed by atoms with Gasteiger partial charge in [-0.25, -0.2) is 4.99 Å². The van der Waals surface area contributed by atoms with E-state index in [9.17, 15) is 0 Å². The molecule has 0 aromatic carbocycles. The summed E-state index contributed by atoms with van der Waals surface area (Å²) in [5.41, 5.74) is 0.306. The lowest BCUT2D eigenvalue weighted by Crippen LogP contribution is -2.59. The van der Waals surface area contributed by atoms with Gasteiger partial charge in [0, 0.05) is 31.6 Å². The quantitative estimate of drug-likeness (QED) is 0.551. The van der Waals surface area contributed by atoms with Crippen LogP contribution in [0.3, 0.4) is 0 Å². The molecule has 4 rings (SSSR count). The molecule has 2 N–H and O–H groups in total. The zero-order valence-electron chi connectivity index (χ0n) is 19.0. The summed E-state index contributed by atoms with van der Waals surface area (Å²) in [5.74, 6) is 3.07. The lowest BCUT2D eigenvalue weighted by atomic mass is 9.79. The van der Waals surface area contributed by atoms with Gasteiger partial charge in [0.15, 0.2) is 11.8 Å². The fourth-order valence-electron chi connectivity index (χ4n) is 5.58. The molecule has 0 unspecified atom stereocenters. The number of hydrogen-bond donors (Lipinski definition) is 2. The van der Waals surface area contributed by atoms with E-state index < -0.39 is 0 Å². The first kappa shape index (κ1) is 21.6. The molecule has 2 aliphatic heterocycles. The van der Waals surface area contributed by atoms with Crippen LogP contribution < -0.4 is 10.6 Å². The van der Waals surface area contributed by atoms with E-state index in [1.165, 1.54) is 83.7 Å². The molecular weight excluding hydrogens is 374 g/mol. The van der Waals surface area contributed by atoms with Gasteiger partial charge in [-0.05, 0) is 58.5 Å². The number of nitrogens with zero attached hydrogens (tertiary/aromatic N) is 5. The maximum Gasteiger partial charge on any atom is 0.191 e. The molecule has 0 radical (unpaired) electrons. The Hall–Kier alpha value is -1.63. The van der Waals surface area contributed by atoms with Crippen molar-refractivity contribution in [3.63, 3.8) is 0 Å². The molecule has 2 fully saturated rings. The van der Waals surface area contributed by atoms with Gasteiger partial charge in [-0.1, -0.05) is 32.1 Å². The maximum atomic E-state index is 4.91. The summed E-state index contributed by atoms with van der Waals surface area (Å²) in [4.78, 5) is 7.70. The van der Waals surface area contributed by atoms with Crippen LogP contribution in [0.1, 0.15) is 89.2 Å². The summed E-state index contributed by atoms with van der Waals surface area (Å²) in [5, 5.41) is 16.1. The Balaban J connectivity index is 1.42. The van der Waals surface area contributed by atoms with Gasteiger partial charge in [-0.15, -0.1) is 10.2 Å². The van der Waals surface area contributed by atoms with Crippen LogP contribution in [0.5, 0.6) is 0 Å². The van der Waals surface area contributed by atoms with Gasteiger partial charge in [0.25, 0.3) is 0 Å². The third-order valence-electron chi connectivity index (χ3n) is 7.30. The molecule has 3 heterocycles. The molecule has 0 bridgehead atoms. The first-order chi connectivity index (χ1) is 14.8. The standard InChI is InChI=1S/C23H41N7/c1-2-24-22(25-18-21-28-27-20-12-6-3-11-17-30(20)21)26-19-23(13-7-4-8-14-23)29-15-9-5-10-16-29/h2-19H2,1H3,(H2,24,25,26). The Morgan fingerprint density at radius 1 is 0.900 bits per heavy atom. The summed E-state index contributed by atoms with van der Waals surface area (Å²) in [6.45, 7) is 8.18. The van der Waals surface area contributed by atoms with Crippen LogP contribution in [0.2, 0.25) is 0 Å². The summed E-state index contributed by atoms with van der Waals surface area (Å²) >= 11 is 0. The van der Waals surface area contributed by atoms with Crippen molar-refractivity contribution >= 4 is 5.96 Å². The molecule has 3 aliphatic rings. The van der Waals surface area contributed by atoms with Gasteiger partial charge in [0.1, 0.15) is 12.4 Å². The van der Waals surface area contributed by atoms with Crippen molar-refractivity contribution in [1.82, 2.24) is 30.3 Å². The van der Waals surface area contributed by atoms with Crippen LogP contribution in [0, 0.1) is 0 Å². The predicted molar refractivity (Wildman–Crippen MR) is 122 cm³/mol. The highest BCUT2D eigenvalue weighted by molar-refractivity contribution is 5.79. The second-order valence-corrected chi connectivity index (χ2v) is 9.38. The highest BCUT2D eigenvalue weighted by Gasteiger charge is 2.38. The number of piperidine rings is 1. The average molecular weight is 416 g/mol. The Morgan fingerprint density at radius 2 is 1.63 bits per heavy atom. The third-order valence-corrected chi connectivity index (χ3v) is 7.30. The molecule has 1 aliphatic carbocycles. The Morgan fingerprint density at radius 3 is 2.43 bits per heavy atom. The Kier molecular flexibility index (Phi) is 7.63. The van der Waals surface area contributed by atoms with Crippen molar-refractivity contribution in [2.75, 3.05) is 26.2 Å². The van der Waals surface area contributed by atoms with Gasteiger partial charge in [-0.3, -0.25) is 4.90 Å². The summed E-state index contributed by atoms with van der Waals surface area (Å²) in [7, 11) is 0. The van der Waals surface area contributed by atoms with E-state index in [2.05, 4.69) is 37.2 Å². The van der Waals surface area contributed by atoms with Crippen molar-refractivity contribution in [2.45, 2.75) is 103 Å². The minimum absolute atomic E-state index is 0.306. The summed E-state index contributed by atoms with van der Waals surface area (Å²) in [6, 6.07) is 0. The molecule has 1 saturated heterocycles. The second-order valence-electron chi connectivity index (χ2n) is 9.38. The molecule has 0 amide bonds. The van der Waals surface area contributed by atoms with Gasteiger partial charge >= 0.3 is 0 Å². The Bertz CT molecular complexity index is 684. The summed E-state index contributed by atoms with van der Waals surface area (Å²) < 4.78 is 2.30. The van der Waals surface area contributed by atoms with Crippen LogP contribution in [0.4, 0.5) is 0 Å². The van der Waals surface area contributed by atoms with E-state index in [-0.39, 0.29) is 0 Å². The zero-order valence-corrected chi connectivity index (χ0v) is 19.0. The highest BCUT2D eigenvalue weighted by atomic mass is 15.3. The van der Waals surface area contributed by atoms with Crippen LogP contribution in [-0.2, 0) is 19.5 Å². The molecule has 1 aromatic heterocycles. The molecule has 168 valence electrons. The van der Waals surface area contributed by atoms with E-state index >= 15 is 0 Å². The van der Waals surface area contributed by atoms with E-state index in [0.29, 0.717) is 12.1 Å². The largest absolute Gasteiger partial charge is 0.357 e. The second kappa shape index (κ2) is 10.6. The first-order valence-corrected chi connectivity index (χ1v) is 12.5. The highest BCUT2D eigenvalue weighted by Crippen LogP contribution is 2.35. The monoisotopic (exact) mass is 415 g/mol. The molecule has 1 aromatic rings.